The number of unbranched alkanes of at least 4 members (excludes halogenated alkanes) is 1. The first-order valence-corrected chi connectivity index (χ1v) is 9.40. The molecule has 1 fully saturated rings. The van der Waals surface area contributed by atoms with Gasteiger partial charge in [0.15, 0.2) is 0 Å². The molecule has 0 aromatic heterocycles. The lowest BCUT2D eigenvalue weighted by molar-refractivity contribution is -0.130. The Morgan fingerprint density at radius 3 is 2.28 bits per heavy atom. The Kier molecular flexibility index (Phi) is 7.29. The summed E-state index contributed by atoms with van der Waals surface area (Å²) in [5.74, 6) is -0.133. The number of nitrogens with zero attached hydrogens (tertiary/aromatic N) is 3. The minimum Gasteiger partial charge on any atom is -0.372 e. The first-order valence-electron chi connectivity index (χ1n) is 9.40. The van der Waals surface area contributed by atoms with E-state index in [0.29, 0.717) is 0 Å². The minimum atomic E-state index is -0.108. The van der Waals surface area contributed by atoms with Gasteiger partial charge in [0.25, 0.3) is 0 Å². The minimum absolute atomic E-state index is 0.0243. The molecule has 1 aliphatic rings. The van der Waals surface area contributed by atoms with E-state index in [1.165, 1.54) is 31.9 Å². The summed E-state index contributed by atoms with van der Waals surface area (Å²) in [6.07, 6.45) is 5.80. The van der Waals surface area contributed by atoms with Crippen molar-refractivity contribution in [3.05, 3.63) is 24.3 Å². The van der Waals surface area contributed by atoms with Crippen LogP contribution in [0.25, 0.3) is 0 Å². The van der Waals surface area contributed by atoms with Gasteiger partial charge in [-0.05, 0) is 49.9 Å². The molecule has 5 heteroatoms. The van der Waals surface area contributed by atoms with Crippen LogP contribution in [0.2, 0.25) is 0 Å². The van der Waals surface area contributed by atoms with Crippen molar-refractivity contribution < 1.29 is 9.59 Å². The van der Waals surface area contributed by atoms with Crippen molar-refractivity contribution >= 4 is 23.2 Å². The average molecular weight is 345 g/mol. The lowest BCUT2D eigenvalue weighted by atomic mass is 10.1. The van der Waals surface area contributed by atoms with Gasteiger partial charge < -0.3 is 14.7 Å². The number of carbonyl (C=O) groups is 2. The Morgan fingerprint density at radius 2 is 1.72 bits per heavy atom. The van der Waals surface area contributed by atoms with E-state index < -0.39 is 0 Å². The molecular weight excluding hydrogens is 314 g/mol. The summed E-state index contributed by atoms with van der Waals surface area (Å²) in [5.41, 5.74) is 1.98. The molecule has 0 radical (unpaired) electrons. The first kappa shape index (κ1) is 19.3. The van der Waals surface area contributed by atoms with Gasteiger partial charge in [-0.3, -0.25) is 9.59 Å². The second-order valence-corrected chi connectivity index (χ2v) is 6.84. The molecule has 1 heterocycles. The maximum Gasteiger partial charge on any atom is 0.242 e. The maximum atomic E-state index is 12.4. The van der Waals surface area contributed by atoms with Crippen LogP contribution in [0, 0.1) is 0 Å². The van der Waals surface area contributed by atoms with Crippen LogP contribution >= 0.6 is 0 Å². The Balaban J connectivity index is 2.04. The SMILES string of the molecule is CCCCN(C)C(=O)CN(C(C)=O)c1ccc(N2CCCCC2)cc1. The van der Waals surface area contributed by atoms with Gasteiger partial charge >= 0.3 is 0 Å². The molecule has 25 heavy (non-hydrogen) atoms. The van der Waals surface area contributed by atoms with Crippen LogP contribution in [-0.2, 0) is 9.59 Å². The second kappa shape index (κ2) is 9.44. The quantitative estimate of drug-likeness (QED) is 0.762. The summed E-state index contributed by atoms with van der Waals surface area (Å²) < 4.78 is 0. The number of carbonyl (C=O) groups excluding carboxylic acids is 2. The van der Waals surface area contributed by atoms with Gasteiger partial charge in [-0.2, -0.15) is 0 Å². The highest BCUT2D eigenvalue weighted by atomic mass is 16.2. The number of anilines is 2. The van der Waals surface area contributed by atoms with E-state index in [1.807, 2.05) is 12.1 Å². The predicted molar refractivity (Wildman–Crippen MR) is 103 cm³/mol. The third kappa shape index (κ3) is 5.48. The second-order valence-electron chi connectivity index (χ2n) is 6.84. The van der Waals surface area contributed by atoms with Crippen LogP contribution in [0.1, 0.15) is 46.0 Å². The third-order valence-electron chi connectivity index (χ3n) is 4.83. The monoisotopic (exact) mass is 345 g/mol. The van der Waals surface area contributed by atoms with Crippen LogP contribution < -0.4 is 9.80 Å². The molecule has 1 aromatic carbocycles. The van der Waals surface area contributed by atoms with Gasteiger partial charge in [-0.15, -0.1) is 0 Å². The van der Waals surface area contributed by atoms with Gasteiger partial charge in [0.05, 0.1) is 0 Å². The van der Waals surface area contributed by atoms with Crippen LogP contribution in [0.4, 0.5) is 11.4 Å². The van der Waals surface area contributed by atoms with Gasteiger partial charge in [-0.1, -0.05) is 13.3 Å². The van der Waals surface area contributed by atoms with Crippen LogP contribution in [0.5, 0.6) is 0 Å². The van der Waals surface area contributed by atoms with E-state index in [1.54, 1.807) is 16.8 Å². The lowest BCUT2D eigenvalue weighted by Gasteiger charge is -2.29. The molecule has 0 atom stereocenters. The molecule has 0 saturated carbocycles. The van der Waals surface area contributed by atoms with E-state index in [0.717, 1.165) is 38.2 Å². The largest absolute Gasteiger partial charge is 0.372 e. The number of hydrogen-bond donors (Lipinski definition) is 0. The Bertz CT molecular complexity index is 565. The molecule has 2 amide bonds. The van der Waals surface area contributed by atoms with Crippen molar-refractivity contribution in [2.24, 2.45) is 0 Å². The highest BCUT2D eigenvalue weighted by Gasteiger charge is 2.19. The molecule has 138 valence electrons. The molecule has 0 N–H and O–H groups in total. The molecular formula is C20H31N3O2. The zero-order valence-corrected chi connectivity index (χ0v) is 15.8. The summed E-state index contributed by atoms with van der Waals surface area (Å²) in [4.78, 5) is 30.1. The molecule has 0 spiro atoms. The number of likely N-dealkylation sites (N-methyl/N-ethyl adjacent to an activating group) is 1. The molecule has 2 rings (SSSR count). The highest BCUT2D eigenvalue weighted by Crippen LogP contribution is 2.23. The van der Waals surface area contributed by atoms with Crippen LogP contribution in [-0.4, -0.2) is 49.9 Å². The predicted octanol–water partition coefficient (Wildman–Crippen LogP) is 3.29. The van der Waals surface area contributed by atoms with Crippen molar-refractivity contribution in [1.82, 2.24) is 4.90 Å². The topological polar surface area (TPSA) is 43.9 Å². The van der Waals surface area contributed by atoms with Gasteiger partial charge in [0, 0.05) is 45.0 Å². The van der Waals surface area contributed by atoms with E-state index in [2.05, 4.69) is 24.0 Å². The van der Waals surface area contributed by atoms with Crippen molar-refractivity contribution in [1.29, 1.82) is 0 Å². The fraction of sp³-hybridized carbons (Fsp3) is 0.600. The van der Waals surface area contributed by atoms with Crippen molar-refractivity contribution in [3.63, 3.8) is 0 Å². The zero-order chi connectivity index (χ0) is 18.2. The number of amides is 2. The molecule has 1 aliphatic heterocycles. The number of hydrogen-bond acceptors (Lipinski definition) is 3. The van der Waals surface area contributed by atoms with Crippen LogP contribution in [0.15, 0.2) is 24.3 Å². The number of rotatable bonds is 7. The standard InChI is InChI=1S/C20H31N3O2/c1-4-5-13-21(3)20(25)16-23(17(2)24)19-11-9-18(10-12-19)22-14-7-6-8-15-22/h9-12H,4-8,13-16H2,1-3H3. The molecule has 5 nitrogen and oxygen atoms in total. The average Bonchev–Trinajstić information content (AvgIpc) is 2.64. The van der Waals surface area contributed by atoms with Crippen molar-refractivity contribution in [2.45, 2.75) is 46.0 Å². The summed E-state index contributed by atoms with van der Waals surface area (Å²) in [6.45, 7) is 6.63. The molecule has 0 aliphatic carbocycles. The number of piperidine rings is 1. The van der Waals surface area contributed by atoms with Gasteiger partial charge in [-0.25, -0.2) is 0 Å². The number of benzene rings is 1. The molecule has 0 bridgehead atoms. The third-order valence-corrected chi connectivity index (χ3v) is 4.83. The van der Waals surface area contributed by atoms with Gasteiger partial charge in [0.2, 0.25) is 11.8 Å². The summed E-state index contributed by atoms with van der Waals surface area (Å²) in [6, 6.07) is 8.01. The van der Waals surface area contributed by atoms with Crippen molar-refractivity contribution in [2.75, 3.05) is 43.0 Å². The van der Waals surface area contributed by atoms with Crippen molar-refractivity contribution in [3.8, 4) is 0 Å². The van der Waals surface area contributed by atoms with E-state index in [-0.39, 0.29) is 18.4 Å². The first-order chi connectivity index (χ1) is 12.0. The van der Waals surface area contributed by atoms with E-state index in [4.69, 9.17) is 0 Å². The Morgan fingerprint density at radius 1 is 1.08 bits per heavy atom. The summed E-state index contributed by atoms with van der Waals surface area (Å²) in [7, 11) is 1.80. The fourth-order valence-electron chi connectivity index (χ4n) is 3.16. The van der Waals surface area contributed by atoms with Crippen LogP contribution in [0.3, 0.4) is 0 Å². The summed E-state index contributed by atoms with van der Waals surface area (Å²) >= 11 is 0. The smallest absolute Gasteiger partial charge is 0.242 e. The maximum absolute atomic E-state index is 12.4. The van der Waals surface area contributed by atoms with E-state index >= 15 is 0 Å². The van der Waals surface area contributed by atoms with E-state index in [9.17, 15) is 9.59 Å². The fourth-order valence-corrected chi connectivity index (χ4v) is 3.16. The molecule has 1 saturated heterocycles. The summed E-state index contributed by atoms with van der Waals surface area (Å²) in [5, 5.41) is 0. The molecule has 0 unspecified atom stereocenters. The molecule has 1 aromatic rings. The highest BCUT2D eigenvalue weighted by molar-refractivity contribution is 5.97. The normalized spacial score (nSPS) is 14.3. The Hall–Kier alpha value is -2.04. The Labute approximate surface area is 151 Å². The lowest BCUT2D eigenvalue weighted by Crippen LogP contribution is -2.41. The van der Waals surface area contributed by atoms with Gasteiger partial charge in [0.1, 0.15) is 6.54 Å². The zero-order valence-electron chi connectivity index (χ0n) is 15.8.